The van der Waals surface area contributed by atoms with Crippen LogP contribution < -0.4 is 10.6 Å². The van der Waals surface area contributed by atoms with Crippen molar-refractivity contribution in [1.29, 1.82) is 0 Å². The number of rotatable bonds is 4. The third-order valence-corrected chi connectivity index (χ3v) is 3.47. The highest BCUT2D eigenvalue weighted by Gasteiger charge is 2.31. The quantitative estimate of drug-likeness (QED) is 0.822. The van der Waals surface area contributed by atoms with Crippen LogP contribution in [0, 0.1) is 0 Å². The summed E-state index contributed by atoms with van der Waals surface area (Å²) in [7, 11) is 4.14. The molecule has 0 radical (unpaired) electrons. The van der Waals surface area contributed by atoms with E-state index in [0.717, 1.165) is 25.1 Å². The number of nitrogens with two attached hydrogens (primary N) is 1. The molecule has 0 spiro atoms. The predicted octanol–water partition coefficient (Wildman–Crippen LogP) is 0.646. The van der Waals surface area contributed by atoms with Crippen molar-refractivity contribution >= 4 is 5.69 Å². The zero-order valence-electron chi connectivity index (χ0n) is 11.2. The summed E-state index contributed by atoms with van der Waals surface area (Å²) in [6.45, 7) is 2.26. The van der Waals surface area contributed by atoms with Crippen LogP contribution in [0.5, 0.6) is 0 Å². The number of anilines is 1. The maximum Gasteiger partial charge on any atom is 0.0735 e. The molecule has 0 amide bonds. The van der Waals surface area contributed by atoms with Crippen LogP contribution in [-0.4, -0.2) is 49.3 Å². The first-order valence-corrected chi connectivity index (χ1v) is 6.48. The molecule has 4 nitrogen and oxygen atoms in total. The minimum atomic E-state index is -0.218. The molecular weight excluding hydrogens is 226 g/mol. The Morgan fingerprint density at radius 3 is 2.56 bits per heavy atom. The highest BCUT2D eigenvalue weighted by atomic mass is 16.3. The SMILES string of the molecule is CN(C)CC1CC(O)CN1c1ccc(CN)cc1. The van der Waals surface area contributed by atoms with E-state index < -0.39 is 0 Å². The molecule has 1 heterocycles. The lowest BCUT2D eigenvalue weighted by Gasteiger charge is -2.28. The fraction of sp³-hybridized carbons (Fsp3) is 0.571. The molecule has 2 rings (SSSR count). The maximum atomic E-state index is 9.86. The van der Waals surface area contributed by atoms with Crippen molar-refractivity contribution in [2.75, 3.05) is 32.1 Å². The van der Waals surface area contributed by atoms with Gasteiger partial charge in [0.15, 0.2) is 0 Å². The van der Waals surface area contributed by atoms with Crippen LogP contribution in [-0.2, 0) is 6.54 Å². The lowest BCUT2D eigenvalue weighted by molar-refractivity contribution is 0.191. The molecule has 0 aliphatic carbocycles. The molecule has 4 heteroatoms. The van der Waals surface area contributed by atoms with E-state index in [1.165, 1.54) is 5.69 Å². The summed E-state index contributed by atoms with van der Waals surface area (Å²) < 4.78 is 0. The van der Waals surface area contributed by atoms with Crippen molar-refractivity contribution in [2.24, 2.45) is 5.73 Å². The largest absolute Gasteiger partial charge is 0.391 e. The molecule has 1 aliphatic rings. The number of nitrogens with zero attached hydrogens (tertiary/aromatic N) is 2. The summed E-state index contributed by atoms with van der Waals surface area (Å²) in [5.41, 5.74) is 7.93. The first-order valence-electron chi connectivity index (χ1n) is 6.48. The maximum absolute atomic E-state index is 9.86. The molecule has 3 N–H and O–H groups in total. The Hall–Kier alpha value is -1.10. The minimum absolute atomic E-state index is 0.218. The number of likely N-dealkylation sites (N-methyl/N-ethyl adjacent to an activating group) is 1. The first-order chi connectivity index (χ1) is 8.60. The monoisotopic (exact) mass is 249 g/mol. The van der Waals surface area contributed by atoms with Crippen molar-refractivity contribution in [3.63, 3.8) is 0 Å². The summed E-state index contributed by atoms with van der Waals surface area (Å²) in [5.74, 6) is 0. The van der Waals surface area contributed by atoms with Crippen LogP contribution >= 0.6 is 0 Å². The van der Waals surface area contributed by atoms with Crippen molar-refractivity contribution < 1.29 is 5.11 Å². The molecule has 0 saturated carbocycles. The Kier molecular flexibility index (Phi) is 4.22. The molecule has 2 atom stereocenters. The number of aliphatic hydroxyl groups is 1. The van der Waals surface area contributed by atoms with Gasteiger partial charge in [-0.15, -0.1) is 0 Å². The molecule has 1 aromatic carbocycles. The van der Waals surface area contributed by atoms with Crippen LogP contribution in [0.4, 0.5) is 5.69 Å². The van der Waals surface area contributed by atoms with Gasteiger partial charge < -0.3 is 20.6 Å². The lowest BCUT2D eigenvalue weighted by atomic mass is 10.1. The average molecular weight is 249 g/mol. The minimum Gasteiger partial charge on any atom is -0.391 e. The van der Waals surface area contributed by atoms with Gasteiger partial charge in [0.1, 0.15) is 0 Å². The number of β-amino-alcohol motifs (C(OH)–C–C–N with tert-alkyl or cyclic N) is 1. The fourth-order valence-electron chi connectivity index (χ4n) is 2.63. The van der Waals surface area contributed by atoms with E-state index in [2.05, 4.69) is 48.2 Å². The van der Waals surface area contributed by atoms with Gasteiger partial charge in [-0.25, -0.2) is 0 Å². The summed E-state index contributed by atoms with van der Waals surface area (Å²) in [6, 6.07) is 8.71. The molecule has 0 aromatic heterocycles. The Morgan fingerprint density at radius 2 is 2.00 bits per heavy atom. The molecule has 18 heavy (non-hydrogen) atoms. The van der Waals surface area contributed by atoms with Gasteiger partial charge in [-0.3, -0.25) is 0 Å². The van der Waals surface area contributed by atoms with Gasteiger partial charge in [0.2, 0.25) is 0 Å². The van der Waals surface area contributed by atoms with E-state index in [9.17, 15) is 5.11 Å². The molecule has 1 fully saturated rings. The van der Waals surface area contributed by atoms with Crippen LogP contribution in [0.25, 0.3) is 0 Å². The van der Waals surface area contributed by atoms with Crippen molar-refractivity contribution in [1.82, 2.24) is 4.90 Å². The van der Waals surface area contributed by atoms with Gasteiger partial charge in [-0.2, -0.15) is 0 Å². The third kappa shape index (κ3) is 3.02. The van der Waals surface area contributed by atoms with Crippen LogP contribution in [0.2, 0.25) is 0 Å². The molecule has 1 saturated heterocycles. The Labute approximate surface area is 109 Å². The van der Waals surface area contributed by atoms with Gasteiger partial charge in [-0.1, -0.05) is 12.1 Å². The molecule has 1 aliphatic heterocycles. The zero-order valence-corrected chi connectivity index (χ0v) is 11.2. The van der Waals surface area contributed by atoms with Gasteiger partial charge in [-0.05, 0) is 38.2 Å². The molecule has 0 bridgehead atoms. The Morgan fingerprint density at radius 1 is 1.33 bits per heavy atom. The lowest BCUT2D eigenvalue weighted by Crippen LogP contribution is -2.37. The van der Waals surface area contributed by atoms with Gasteiger partial charge in [0, 0.05) is 31.4 Å². The van der Waals surface area contributed by atoms with E-state index in [-0.39, 0.29) is 6.10 Å². The Balaban J connectivity index is 2.13. The Bertz CT molecular complexity index is 377. The standard InChI is InChI=1S/C14H23N3O/c1-16(2)9-13-7-14(18)10-17(13)12-5-3-11(8-15)4-6-12/h3-6,13-14,18H,7-10,15H2,1-2H3. The second kappa shape index (κ2) is 5.69. The van der Waals surface area contributed by atoms with Crippen LogP contribution in [0.1, 0.15) is 12.0 Å². The van der Waals surface area contributed by atoms with Gasteiger partial charge in [0.25, 0.3) is 0 Å². The smallest absolute Gasteiger partial charge is 0.0735 e. The predicted molar refractivity (Wildman–Crippen MR) is 74.6 cm³/mol. The number of benzene rings is 1. The molecule has 1 aromatic rings. The van der Waals surface area contributed by atoms with Crippen molar-refractivity contribution in [3.8, 4) is 0 Å². The van der Waals surface area contributed by atoms with Gasteiger partial charge in [0.05, 0.1) is 6.10 Å². The van der Waals surface area contributed by atoms with E-state index in [4.69, 9.17) is 5.73 Å². The topological polar surface area (TPSA) is 52.7 Å². The number of hydrogen-bond acceptors (Lipinski definition) is 4. The summed E-state index contributed by atoms with van der Waals surface area (Å²) in [4.78, 5) is 4.47. The summed E-state index contributed by atoms with van der Waals surface area (Å²) in [5, 5.41) is 9.86. The zero-order chi connectivity index (χ0) is 13.1. The van der Waals surface area contributed by atoms with Crippen molar-refractivity contribution in [2.45, 2.75) is 25.1 Å². The first kappa shape index (κ1) is 13.3. The van der Waals surface area contributed by atoms with Gasteiger partial charge >= 0.3 is 0 Å². The molecule has 2 unspecified atom stereocenters. The van der Waals surface area contributed by atoms with E-state index >= 15 is 0 Å². The highest BCUT2D eigenvalue weighted by Crippen LogP contribution is 2.26. The second-order valence-electron chi connectivity index (χ2n) is 5.33. The normalized spacial score (nSPS) is 23.9. The van der Waals surface area contributed by atoms with E-state index in [0.29, 0.717) is 12.6 Å². The molecular formula is C14H23N3O. The third-order valence-electron chi connectivity index (χ3n) is 3.47. The van der Waals surface area contributed by atoms with E-state index in [1.807, 2.05) is 0 Å². The fourth-order valence-corrected chi connectivity index (χ4v) is 2.63. The summed E-state index contributed by atoms with van der Waals surface area (Å²) >= 11 is 0. The molecule has 100 valence electrons. The average Bonchev–Trinajstić information content (AvgIpc) is 2.69. The number of hydrogen-bond donors (Lipinski definition) is 2. The van der Waals surface area contributed by atoms with Crippen LogP contribution in [0.3, 0.4) is 0 Å². The summed E-state index contributed by atoms with van der Waals surface area (Å²) in [6.07, 6.45) is 0.626. The highest BCUT2D eigenvalue weighted by molar-refractivity contribution is 5.50. The number of aliphatic hydroxyl groups excluding tert-OH is 1. The second-order valence-corrected chi connectivity index (χ2v) is 5.33. The van der Waals surface area contributed by atoms with Crippen LogP contribution in [0.15, 0.2) is 24.3 Å². The van der Waals surface area contributed by atoms with E-state index in [1.54, 1.807) is 0 Å². The van der Waals surface area contributed by atoms with Crippen molar-refractivity contribution in [3.05, 3.63) is 29.8 Å².